The molecule has 3 nitrogen and oxygen atoms in total. The van der Waals surface area contributed by atoms with Gasteiger partial charge in [0.1, 0.15) is 5.82 Å². The average Bonchev–Trinajstić information content (AvgIpc) is 2.40. The first-order valence-electron chi connectivity index (χ1n) is 5.81. The van der Waals surface area contributed by atoms with Crippen LogP contribution in [0.15, 0.2) is 42.5 Å². The lowest BCUT2D eigenvalue weighted by Gasteiger charge is -2.11. The minimum atomic E-state index is -4.57. The van der Waals surface area contributed by atoms with Crippen molar-refractivity contribution in [1.29, 1.82) is 0 Å². The number of carbonyl (C=O) groups excluding carboxylic acids is 1. The SMILES string of the molecule is Nc1ccc(C(F)(F)F)cc1C(=O)Nc1ccc(F)cc1. The summed E-state index contributed by atoms with van der Waals surface area (Å²) in [5, 5.41) is 2.35. The van der Waals surface area contributed by atoms with Gasteiger partial charge in [0.25, 0.3) is 5.91 Å². The molecule has 2 aromatic carbocycles. The van der Waals surface area contributed by atoms with E-state index in [-0.39, 0.29) is 16.9 Å². The number of benzene rings is 2. The maximum Gasteiger partial charge on any atom is 0.416 e. The summed E-state index contributed by atoms with van der Waals surface area (Å²) in [6.45, 7) is 0. The van der Waals surface area contributed by atoms with Crippen molar-refractivity contribution in [2.24, 2.45) is 0 Å². The molecular formula is C14H10F4N2O. The van der Waals surface area contributed by atoms with Gasteiger partial charge in [0, 0.05) is 11.4 Å². The summed E-state index contributed by atoms with van der Waals surface area (Å²) in [5.41, 5.74) is 4.42. The Morgan fingerprint density at radius 3 is 2.24 bits per heavy atom. The van der Waals surface area contributed by atoms with Crippen molar-refractivity contribution < 1.29 is 22.4 Å². The van der Waals surface area contributed by atoms with E-state index in [0.29, 0.717) is 6.07 Å². The van der Waals surface area contributed by atoms with Gasteiger partial charge in [-0.3, -0.25) is 4.79 Å². The maximum absolute atomic E-state index is 12.7. The summed E-state index contributed by atoms with van der Waals surface area (Å²) in [6.07, 6.45) is -4.57. The molecule has 0 aliphatic carbocycles. The van der Waals surface area contributed by atoms with Gasteiger partial charge < -0.3 is 11.1 Å². The second-order valence-electron chi connectivity index (χ2n) is 4.26. The molecule has 2 aromatic rings. The lowest BCUT2D eigenvalue weighted by atomic mass is 10.1. The van der Waals surface area contributed by atoms with Crippen LogP contribution in [-0.4, -0.2) is 5.91 Å². The van der Waals surface area contributed by atoms with Crippen LogP contribution in [0.4, 0.5) is 28.9 Å². The molecule has 0 saturated heterocycles. The average molecular weight is 298 g/mol. The minimum Gasteiger partial charge on any atom is -0.398 e. The predicted octanol–water partition coefficient (Wildman–Crippen LogP) is 3.68. The van der Waals surface area contributed by atoms with Gasteiger partial charge in [0.05, 0.1) is 11.1 Å². The smallest absolute Gasteiger partial charge is 0.398 e. The normalized spacial score (nSPS) is 11.2. The molecule has 2 rings (SSSR count). The number of hydrogen-bond acceptors (Lipinski definition) is 2. The number of nitrogens with two attached hydrogens (primary N) is 1. The fraction of sp³-hybridized carbons (Fsp3) is 0.0714. The highest BCUT2D eigenvalue weighted by Gasteiger charge is 2.31. The van der Waals surface area contributed by atoms with E-state index in [1.165, 1.54) is 12.1 Å². The van der Waals surface area contributed by atoms with Crippen LogP contribution in [-0.2, 0) is 6.18 Å². The Bertz CT molecular complexity index is 666. The van der Waals surface area contributed by atoms with Gasteiger partial charge in [-0.1, -0.05) is 0 Å². The van der Waals surface area contributed by atoms with Crippen LogP contribution in [0.2, 0.25) is 0 Å². The van der Waals surface area contributed by atoms with Crippen LogP contribution in [0.5, 0.6) is 0 Å². The van der Waals surface area contributed by atoms with E-state index in [1.54, 1.807) is 0 Å². The van der Waals surface area contributed by atoms with Crippen molar-refractivity contribution in [2.45, 2.75) is 6.18 Å². The van der Waals surface area contributed by atoms with Gasteiger partial charge in [-0.15, -0.1) is 0 Å². The van der Waals surface area contributed by atoms with Gasteiger partial charge in [0.2, 0.25) is 0 Å². The lowest BCUT2D eigenvalue weighted by Crippen LogP contribution is -2.16. The highest BCUT2D eigenvalue weighted by Crippen LogP contribution is 2.31. The molecule has 1 amide bonds. The molecule has 21 heavy (non-hydrogen) atoms. The van der Waals surface area contributed by atoms with E-state index in [4.69, 9.17) is 5.73 Å². The van der Waals surface area contributed by atoms with E-state index in [0.717, 1.165) is 24.3 Å². The largest absolute Gasteiger partial charge is 0.416 e. The fourth-order valence-electron chi connectivity index (χ4n) is 1.66. The number of nitrogens with one attached hydrogen (secondary N) is 1. The summed E-state index contributed by atoms with van der Waals surface area (Å²) < 4.78 is 50.6. The molecule has 0 aromatic heterocycles. The van der Waals surface area contributed by atoms with Crippen molar-refractivity contribution in [1.82, 2.24) is 0 Å². The Labute approximate surface area is 117 Å². The highest BCUT2D eigenvalue weighted by atomic mass is 19.4. The Balaban J connectivity index is 2.28. The van der Waals surface area contributed by atoms with Gasteiger partial charge in [-0.25, -0.2) is 4.39 Å². The summed E-state index contributed by atoms with van der Waals surface area (Å²) in [5.74, 6) is -1.29. The second kappa shape index (κ2) is 5.43. The van der Waals surface area contributed by atoms with Crippen LogP contribution in [0.3, 0.4) is 0 Å². The molecule has 110 valence electrons. The molecule has 0 heterocycles. The fourth-order valence-corrected chi connectivity index (χ4v) is 1.66. The molecule has 0 fully saturated rings. The number of anilines is 2. The number of nitrogen functional groups attached to an aromatic ring is 1. The predicted molar refractivity (Wildman–Crippen MR) is 70.2 cm³/mol. The van der Waals surface area contributed by atoms with Crippen molar-refractivity contribution in [3.63, 3.8) is 0 Å². The van der Waals surface area contributed by atoms with Crippen molar-refractivity contribution >= 4 is 17.3 Å². The quantitative estimate of drug-likeness (QED) is 0.656. The number of alkyl halides is 3. The third kappa shape index (κ3) is 3.50. The molecule has 0 aliphatic rings. The molecular weight excluding hydrogens is 288 g/mol. The maximum atomic E-state index is 12.7. The third-order valence-electron chi connectivity index (χ3n) is 2.73. The van der Waals surface area contributed by atoms with Crippen LogP contribution >= 0.6 is 0 Å². The Morgan fingerprint density at radius 1 is 1.05 bits per heavy atom. The van der Waals surface area contributed by atoms with E-state index in [2.05, 4.69) is 5.32 Å². The standard InChI is InChI=1S/C14H10F4N2O/c15-9-2-4-10(5-3-9)20-13(21)11-7-8(14(16,17)18)1-6-12(11)19/h1-7H,19H2,(H,20,21). The van der Waals surface area contributed by atoms with Gasteiger partial charge >= 0.3 is 6.18 Å². The van der Waals surface area contributed by atoms with Crippen molar-refractivity contribution in [2.75, 3.05) is 11.1 Å². The van der Waals surface area contributed by atoms with E-state index >= 15 is 0 Å². The molecule has 0 atom stereocenters. The van der Waals surface area contributed by atoms with E-state index < -0.39 is 23.5 Å². The number of hydrogen-bond donors (Lipinski definition) is 2. The first-order valence-corrected chi connectivity index (χ1v) is 5.81. The van der Waals surface area contributed by atoms with Crippen molar-refractivity contribution in [3.8, 4) is 0 Å². The summed E-state index contributed by atoms with van der Waals surface area (Å²) >= 11 is 0. The van der Waals surface area contributed by atoms with Gasteiger partial charge in [-0.05, 0) is 42.5 Å². The summed E-state index contributed by atoms with van der Waals surface area (Å²) in [4.78, 5) is 11.9. The van der Waals surface area contributed by atoms with Crippen molar-refractivity contribution in [3.05, 3.63) is 59.4 Å². The number of halogens is 4. The topological polar surface area (TPSA) is 55.1 Å². The Hall–Kier alpha value is -2.57. The molecule has 3 N–H and O–H groups in total. The summed E-state index contributed by atoms with van der Waals surface area (Å²) in [6, 6.07) is 7.30. The molecule has 0 bridgehead atoms. The third-order valence-corrected chi connectivity index (χ3v) is 2.73. The highest BCUT2D eigenvalue weighted by molar-refractivity contribution is 6.07. The zero-order valence-corrected chi connectivity index (χ0v) is 10.5. The van der Waals surface area contributed by atoms with Gasteiger partial charge in [0.15, 0.2) is 0 Å². The molecule has 0 aliphatic heterocycles. The van der Waals surface area contributed by atoms with E-state index in [1.807, 2.05) is 0 Å². The lowest BCUT2D eigenvalue weighted by molar-refractivity contribution is -0.137. The number of carbonyl (C=O) groups is 1. The molecule has 7 heteroatoms. The van der Waals surface area contributed by atoms with E-state index in [9.17, 15) is 22.4 Å². The molecule has 0 saturated carbocycles. The van der Waals surface area contributed by atoms with Crippen LogP contribution in [0.1, 0.15) is 15.9 Å². The van der Waals surface area contributed by atoms with Crippen LogP contribution in [0, 0.1) is 5.82 Å². The zero-order chi connectivity index (χ0) is 15.6. The summed E-state index contributed by atoms with van der Waals surface area (Å²) in [7, 11) is 0. The number of amides is 1. The van der Waals surface area contributed by atoms with Crippen LogP contribution in [0.25, 0.3) is 0 Å². The molecule has 0 radical (unpaired) electrons. The first-order chi connectivity index (χ1) is 9.77. The monoisotopic (exact) mass is 298 g/mol. The molecule has 0 unspecified atom stereocenters. The second-order valence-corrected chi connectivity index (χ2v) is 4.26. The first kappa shape index (κ1) is 14.8. The minimum absolute atomic E-state index is 0.0809. The van der Waals surface area contributed by atoms with Gasteiger partial charge in [-0.2, -0.15) is 13.2 Å². The molecule has 0 spiro atoms. The Morgan fingerprint density at radius 2 is 1.67 bits per heavy atom. The Kier molecular flexibility index (Phi) is 3.84. The number of rotatable bonds is 2. The zero-order valence-electron chi connectivity index (χ0n) is 10.5. The van der Waals surface area contributed by atoms with Crippen LogP contribution < -0.4 is 11.1 Å².